The van der Waals surface area contributed by atoms with Crippen molar-refractivity contribution in [2.24, 2.45) is 0 Å². The number of anilines is 1. The highest BCUT2D eigenvalue weighted by Crippen LogP contribution is 2.40. The molecule has 206 valence electrons. The SMILES string of the molecule is CCN(CC)CC(=O)Oc1cc(NC(=O)c2c[nH]c3ccccc3c2=O)c(C(C)(C)C)cc1C(C)(C)C.Cl. The molecule has 0 aliphatic heterocycles. The predicted molar refractivity (Wildman–Crippen MR) is 157 cm³/mol. The number of amides is 1. The molecule has 1 aromatic heterocycles. The number of halogens is 1. The van der Waals surface area contributed by atoms with Crippen LogP contribution in [0.5, 0.6) is 5.75 Å². The highest BCUT2D eigenvalue weighted by Gasteiger charge is 2.28. The minimum Gasteiger partial charge on any atom is -0.425 e. The summed E-state index contributed by atoms with van der Waals surface area (Å²) in [5.41, 5.74) is 1.93. The van der Waals surface area contributed by atoms with Gasteiger partial charge < -0.3 is 15.0 Å². The topological polar surface area (TPSA) is 91.5 Å². The molecule has 2 aromatic carbocycles. The molecule has 0 aliphatic carbocycles. The Morgan fingerprint density at radius 3 is 2.13 bits per heavy atom. The summed E-state index contributed by atoms with van der Waals surface area (Å²) >= 11 is 0. The molecule has 1 amide bonds. The number of carbonyl (C=O) groups is 2. The number of aromatic nitrogens is 1. The number of carbonyl (C=O) groups excluding carboxylic acids is 2. The summed E-state index contributed by atoms with van der Waals surface area (Å²) in [6, 6.07) is 10.8. The third kappa shape index (κ3) is 7.03. The van der Waals surface area contributed by atoms with Crippen LogP contribution < -0.4 is 15.5 Å². The van der Waals surface area contributed by atoms with Gasteiger partial charge in [-0.25, -0.2) is 0 Å². The molecule has 0 fully saturated rings. The number of fused-ring (bicyclic) bond motifs is 1. The molecule has 38 heavy (non-hydrogen) atoms. The molecule has 0 atom stereocenters. The van der Waals surface area contributed by atoms with Crippen molar-refractivity contribution in [3.8, 4) is 5.75 Å². The molecule has 0 aliphatic rings. The maximum absolute atomic E-state index is 13.4. The predicted octanol–water partition coefficient (Wildman–Crippen LogP) is 6.04. The molecule has 3 rings (SSSR count). The first kappa shape index (κ1) is 31.1. The fourth-order valence-electron chi connectivity index (χ4n) is 4.28. The number of aromatic amines is 1. The second kappa shape index (κ2) is 12.1. The lowest BCUT2D eigenvalue weighted by molar-refractivity contribution is -0.135. The van der Waals surface area contributed by atoms with Gasteiger partial charge in [-0.05, 0) is 47.7 Å². The molecular formula is C30H40ClN3O4. The minimum atomic E-state index is -0.526. The van der Waals surface area contributed by atoms with Crippen LogP contribution >= 0.6 is 12.4 Å². The zero-order valence-electron chi connectivity index (χ0n) is 23.7. The quantitative estimate of drug-likeness (QED) is 0.281. The number of benzene rings is 2. The van der Waals surface area contributed by atoms with Gasteiger partial charge in [0.05, 0.1) is 6.54 Å². The van der Waals surface area contributed by atoms with Crippen LogP contribution in [0.25, 0.3) is 10.9 Å². The van der Waals surface area contributed by atoms with Crippen LogP contribution in [0.1, 0.15) is 76.9 Å². The molecule has 1 heterocycles. The van der Waals surface area contributed by atoms with Crippen molar-refractivity contribution in [2.45, 2.75) is 66.2 Å². The highest BCUT2D eigenvalue weighted by atomic mass is 35.5. The number of esters is 1. The molecule has 0 bridgehead atoms. The lowest BCUT2D eigenvalue weighted by atomic mass is 9.79. The second-order valence-corrected chi connectivity index (χ2v) is 11.4. The molecule has 8 heteroatoms. The molecule has 0 unspecified atom stereocenters. The molecule has 0 saturated heterocycles. The molecule has 7 nitrogen and oxygen atoms in total. The van der Waals surface area contributed by atoms with Crippen molar-refractivity contribution < 1.29 is 14.3 Å². The maximum atomic E-state index is 13.4. The summed E-state index contributed by atoms with van der Waals surface area (Å²) in [7, 11) is 0. The Morgan fingerprint density at radius 2 is 1.55 bits per heavy atom. The number of H-pyrrole nitrogens is 1. The van der Waals surface area contributed by atoms with Crippen LogP contribution in [0.15, 0.2) is 47.4 Å². The maximum Gasteiger partial charge on any atom is 0.325 e. The number of para-hydroxylation sites is 1. The van der Waals surface area contributed by atoms with E-state index in [0.29, 0.717) is 22.3 Å². The number of hydrogen-bond acceptors (Lipinski definition) is 5. The molecule has 3 aromatic rings. The fraction of sp³-hybridized carbons (Fsp3) is 0.433. The average Bonchev–Trinajstić information content (AvgIpc) is 2.81. The van der Waals surface area contributed by atoms with Crippen LogP contribution in [0.4, 0.5) is 5.69 Å². The first-order valence-corrected chi connectivity index (χ1v) is 12.8. The fourth-order valence-corrected chi connectivity index (χ4v) is 4.28. The van der Waals surface area contributed by atoms with Gasteiger partial charge >= 0.3 is 5.97 Å². The van der Waals surface area contributed by atoms with E-state index >= 15 is 0 Å². The largest absolute Gasteiger partial charge is 0.425 e. The minimum absolute atomic E-state index is 0. The summed E-state index contributed by atoms with van der Waals surface area (Å²) in [4.78, 5) is 44.2. The van der Waals surface area contributed by atoms with Crippen LogP contribution in [0.2, 0.25) is 0 Å². The monoisotopic (exact) mass is 541 g/mol. The summed E-state index contributed by atoms with van der Waals surface area (Å²) in [6.45, 7) is 18.0. The van der Waals surface area contributed by atoms with Crippen molar-refractivity contribution in [1.82, 2.24) is 9.88 Å². The molecule has 0 spiro atoms. The molecule has 2 N–H and O–H groups in total. The second-order valence-electron chi connectivity index (χ2n) is 11.4. The van der Waals surface area contributed by atoms with E-state index in [1.165, 1.54) is 6.20 Å². The van der Waals surface area contributed by atoms with E-state index in [1.54, 1.807) is 24.3 Å². The van der Waals surface area contributed by atoms with E-state index in [-0.39, 0.29) is 46.7 Å². The van der Waals surface area contributed by atoms with Crippen molar-refractivity contribution in [1.29, 1.82) is 0 Å². The van der Waals surface area contributed by atoms with Crippen molar-refractivity contribution >= 4 is 40.9 Å². The average molecular weight is 542 g/mol. The molecule has 0 saturated carbocycles. The normalized spacial score (nSPS) is 11.8. The van der Waals surface area contributed by atoms with E-state index in [1.807, 2.05) is 30.9 Å². The molecule has 0 radical (unpaired) electrons. The van der Waals surface area contributed by atoms with Gasteiger partial charge in [0.15, 0.2) is 0 Å². The number of likely N-dealkylation sites (N-methyl/N-ethyl adjacent to an activating group) is 1. The Bertz CT molecular complexity index is 1360. The van der Waals surface area contributed by atoms with E-state index in [9.17, 15) is 14.4 Å². The van der Waals surface area contributed by atoms with E-state index in [0.717, 1.165) is 24.2 Å². The van der Waals surface area contributed by atoms with Gasteiger partial charge in [0.1, 0.15) is 11.3 Å². The van der Waals surface area contributed by atoms with Gasteiger partial charge in [0.2, 0.25) is 5.43 Å². The number of pyridine rings is 1. The lowest BCUT2D eigenvalue weighted by Crippen LogP contribution is -2.32. The number of nitrogens with zero attached hydrogens (tertiary/aromatic N) is 1. The third-order valence-corrected chi connectivity index (χ3v) is 6.49. The van der Waals surface area contributed by atoms with Crippen molar-refractivity contribution in [3.05, 3.63) is 69.5 Å². The van der Waals surface area contributed by atoms with E-state index in [4.69, 9.17) is 4.74 Å². The van der Waals surface area contributed by atoms with E-state index in [2.05, 4.69) is 51.8 Å². The van der Waals surface area contributed by atoms with Gasteiger partial charge in [-0.15, -0.1) is 12.4 Å². The molecular weight excluding hydrogens is 502 g/mol. The van der Waals surface area contributed by atoms with Crippen LogP contribution in [-0.2, 0) is 15.6 Å². The number of nitrogens with one attached hydrogen (secondary N) is 2. The van der Waals surface area contributed by atoms with Crippen LogP contribution in [0.3, 0.4) is 0 Å². The zero-order valence-corrected chi connectivity index (χ0v) is 24.5. The first-order valence-electron chi connectivity index (χ1n) is 12.8. The number of hydrogen-bond donors (Lipinski definition) is 2. The highest BCUT2D eigenvalue weighted by molar-refractivity contribution is 6.06. The Balaban J connectivity index is 0.00000507. The van der Waals surface area contributed by atoms with Gasteiger partial charge in [0, 0.05) is 34.4 Å². The lowest BCUT2D eigenvalue weighted by Gasteiger charge is -2.29. The van der Waals surface area contributed by atoms with Crippen LogP contribution in [0, 0.1) is 0 Å². The van der Waals surface area contributed by atoms with Gasteiger partial charge in [-0.3, -0.25) is 19.3 Å². The Kier molecular flexibility index (Phi) is 9.92. The van der Waals surface area contributed by atoms with Crippen LogP contribution in [-0.4, -0.2) is 41.4 Å². The number of ether oxygens (including phenoxy) is 1. The van der Waals surface area contributed by atoms with Gasteiger partial charge in [-0.2, -0.15) is 0 Å². The summed E-state index contributed by atoms with van der Waals surface area (Å²) < 4.78 is 5.88. The summed E-state index contributed by atoms with van der Waals surface area (Å²) in [5, 5.41) is 3.38. The standard InChI is InChI=1S/C30H39N3O4.ClH/c1-9-33(10-2)18-26(34)37-25-16-24(21(29(3,4)5)15-22(25)30(6,7)8)32-28(36)20-17-31-23-14-12-11-13-19(23)27(20)35;/h11-17H,9-10,18H2,1-8H3,(H,31,35)(H,32,36);1H. The zero-order chi connectivity index (χ0) is 27.5. The van der Waals surface area contributed by atoms with E-state index < -0.39 is 5.91 Å². The Hall–Kier alpha value is -3.16. The smallest absolute Gasteiger partial charge is 0.325 e. The Morgan fingerprint density at radius 1 is 0.947 bits per heavy atom. The van der Waals surface area contributed by atoms with Gasteiger partial charge in [-0.1, -0.05) is 67.5 Å². The summed E-state index contributed by atoms with van der Waals surface area (Å²) in [6.07, 6.45) is 1.44. The third-order valence-electron chi connectivity index (χ3n) is 6.49. The van der Waals surface area contributed by atoms with Crippen molar-refractivity contribution in [3.63, 3.8) is 0 Å². The Labute approximate surface area is 231 Å². The number of rotatable bonds is 7. The summed E-state index contributed by atoms with van der Waals surface area (Å²) in [5.74, 6) is -0.484. The first-order chi connectivity index (χ1) is 17.3. The van der Waals surface area contributed by atoms with Gasteiger partial charge in [0.25, 0.3) is 5.91 Å². The van der Waals surface area contributed by atoms with Crippen molar-refractivity contribution in [2.75, 3.05) is 25.0 Å².